The van der Waals surface area contributed by atoms with Crippen LogP contribution >= 0.6 is 0 Å². The summed E-state index contributed by atoms with van der Waals surface area (Å²) in [6, 6.07) is 13.9. The standard InChI is InChI=1S/C19H17N3O/c23-19(18-16-5-2-1-4-14(16)9-12-21-18)22-13-3-6-17(22)15-7-10-20-11-8-15/h1-2,4-5,7-12,17H,3,6,13H2/t17-/m1/s1. The third kappa shape index (κ3) is 2.46. The summed E-state index contributed by atoms with van der Waals surface area (Å²) in [6.07, 6.45) is 7.29. The summed E-state index contributed by atoms with van der Waals surface area (Å²) in [4.78, 5) is 23.5. The van der Waals surface area contributed by atoms with Gasteiger partial charge in [0.05, 0.1) is 6.04 Å². The highest BCUT2D eigenvalue weighted by atomic mass is 16.2. The van der Waals surface area contributed by atoms with E-state index in [4.69, 9.17) is 0 Å². The van der Waals surface area contributed by atoms with Crippen molar-refractivity contribution in [2.24, 2.45) is 0 Å². The van der Waals surface area contributed by atoms with Crippen molar-refractivity contribution in [1.29, 1.82) is 0 Å². The SMILES string of the molecule is O=C(c1nccc2ccccc12)N1CCC[C@@H]1c1ccncc1. The smallest absolute Gasteiger partial charge is 0.273 e. The Morgan fingerprint density at radius 2 is 1.87 bits per heavy atom. The fraction of sp³-hybridized carbons (Fsp3) is 0.211. The molecule has 1 aliphatic heterocycles. The van der Waals surface area contributed by atoms with Gasteiger partial charge in [0.2, 0.25) is 0 Å². The number of pyridine rings is 2. The molecule has 0 spiro atoms. The van der Waals surface area contributed by atoms with Crippen LogP contribution in [0.2, 0.25) is 0 Å². The second kappa shape index (κ2) is 5.80. The lowest BCUT2D eigenvalue weighted by atomic mass is 10.0. The molecule has 0 radical (unpaired) electrons. The Bertz CT molecular complexity index is 842. The monoisotopic (exact) mass is 303 g/mol. The van der Waals surface area contributed by atoms with Gasteiger partial charge in [-0.25, -0.2) is 0 Å². The number of carbonyl (C=O) groups excluding carboxylic acids is 1. The molecule has 3 heterocycles. The third-order valence-corrected chi connectivity index (χ3v) is 4.48. The lowest BCUT2D eigenvalue weighted by Crippen LogP contribution is -2.31. The largest absolute Gasteiger partial charge is 0.330 e. The zero-order valence-electron chi connectivity index (χ0n) is 12.7. The lowest BCUT2D eigenvalue weighted by molar-refractivity contribution is 0.0732. The molecule has 23 heavy (non-hydrogen) atoms. The van der Waals surface area contributed by atoms with E-state index in [0.29, 0.717) is 5.69 Å². The van der Waals surface area contributed by atoms with Crippen LogP contribution in [0.1, 0.15) is 34.9 Å². The van der Waals surface area contributed by atoms with E-state index in [2.05, 4.69) is 9.97 Å². The Morgan fingerprint density at radius 3 is 2.74 bits per heavy atom. The Balaban J connectivity index is 1.73. The van der Waals surface area contributed by atoms with E-state index < -0.39 is 0 Å². The lowest BCUT2D eigenvalue weighted by Gasteiger charge is -2.25. The number of aromatic nitrogens is 2. The van der Waals surface area contributed by atoms with Gasteiger partial charge >= 0.3 is 0 Å². The van der Waals surface area contributed by atoms with Crippen molar-refractivity contribution in [3.63, 3.8) is 0 Å². The number of hydrogen-bond acceptors (Lipinski definition) is 3. The molecule has 0 unspecified atom stereocenters. The average Bonchev–Trinajstić information content (AvgIpc) is 3.11. The molecule has 0 N–H and O–H groups in total. The summed E-state index contributed by atoms with van der Waals surface area (Å²) in [5, 5.41) is 1.96. The van der Waals surface area contributed by atoms with Crippen molar-refractivity contribution in [2.45, 2.75) is 18.9 Å². The minimum Gasteiger partial charge on any atom is -0.330 e. The average molecular weight is 303 g/mol. The molecule has 0 aliphatic carbocycles. The van der Waals surface area contributed by atoms with E-state index in [9.17, 15) is 4.79 Å². The number of nitrogens with zero attached hydrogens (tertiary/aromatic N) is 3. The minimum absolute atomic E-state index is 0.0149. The summed E-state index contributed by atoms with van der Waals surface area (Å²) in [5.74, 6) is 0.0149. The molecule has 1 amide bonds. The normalized spacial score (nSPS) is 17.6. The van der Waals surface area contributed by atoms with E-state index in [1.807, 2.05) is 47.4 Å². The quantitative estimate of drug-likeness (QED) is 0.726. The van der Waals surface area contributed by atoms with Crippen molar-refractivity contribution in [3.05, 3.63) is 72.3 Å². The van der Waals surface area contributed by atoms with Crippen LogP contribution < -0.4 is 0 Å². The van der Waals surface area contributed by atoms with E-state index in [-0.39, 0.29) is 11.9 Å². The topological polar surface area (TPSA) is 46.1 Å². The van der Waals surface area contributed by atoms with Crippen molar-refractivity contribution < 1.29 is 4.79 Å². The number of fused-ring (bicyclic) bond motifs is 1. The zero-order chi connectivity index (χ0) is 15.6. The molecule has 1 aromatic carbocycles. The van der Waals surface area contributed by atoms with Gasteiger partial charge in [-0.05, 0) is 42.0 Å². The van der Waals surface area contributed by atoms with Crippen LogP contribution in [-0.4, -0.2) is 27.3 Å². The van der Waals surface area contributed by atoms with Crippen LogP contribution in [0.5, 0.6) is 0 Å². The summed E-state index contributed by atoms with van der Waals surface area (Å²) >= 11 is 0. The van der Waals surface area contributed by atoms with Crippen LogP contribution in [0.4, 0.5) is 0 Å². The fourth-order valence-corrected chi connectivity index (χ4v) is 3.37. The van der Waals surface area contributed by atoms with Gasteiger partial charge in [0.1, 0.15) is 5.69 Å². The number of hydrogen-bond donors (Lipinski definition) is 0. The molecule has 3 aromatic rings. The molecule has 0 saturated carbocycles. The van der Waals surface area contributed by atoms with Gasteiger partial charge in [0.15, 0.2) is 0 Å². The molecule has 0 bridgehead atoms. The number of likely N-dealkylation sites (tertiary alicyclic amines) is 1. The summed E-state index contributed by atoms with van der Waals surface area (Å²) < 4.78 is 0. The molecule has 2 aromatic heterocycles. The molecule has 1 saturated heterocycles. The fourth-order valence-electron chi connectivity index (χ4n) is 3.37. The van der Waals surface area contributed by atoms with E-state index in [0.717, 1.165) is 35.7 Å². The Labute approximate surface area is 134 Å². The van der Waals surface area contributed by atoms with Gasteiger partial charge < -0.3 is 4.90 Å². The zero-order valence-corrected chi connectivity index (χ0v) is 12.7. The second-order valence-corrected chi connectivity index (χ2v) is 5.82. The maximum Gasteiger partial charge on any atom is 0.273 e. The molecule has 1 aliphatic rings. The highest BCUT2D eigenvalue weighted by Gasteiger charge is 2.31. The molecular formula is C19H17N3O. The van der Waals surface area contributed by atoms with E-state index in [1.165, 1.54) is 0 Å². The number of benzene rings is 1. The van der Waals surface area contributed by atoms with Crippen LogP contribution in [0.3, 0.4) is 0 Å². The summed E-state index contributed by atoms with van der Waals surface area (Å²) in [7, 11) is 0. The van der Waals surface area contributed by atoms with Crippen LogP contribution in [0.15, 0.2) is 61.1 Å². The number of carbonyl (C=O) groups is 1. The molecule has 4 rings (SSSR count). The van der Waals surface area contributed by atoms with Gasteiger partial charge in [-0.2, -0.15) is 0 Å². The predicted molar refractivity (Wildman–Crippen MR) is 89.0 cm³/mol. The number of amides is 1. The van der Waals surface area contributed by atoms with Crippen LogP contribution in [0, 0.1) is 0 Å². The highest BCUT2D eigenvalue weighted by molar-refractivity contribution is 6.05. The molecular weight excluding hydrogens is 286 g/mol. The molecule has 4 nitrogen and oxygen atoms in total. The Morgan fingerprint density at radius 1 is 1.04 bits per heavy atom. The van der Waals surface area contributed by atoms with Gasteiger partial charge in [0.25, 0.3) is 5.91 Å². The van der Waals surface area contributed by atoms with Crippen molar-refractivity contribution >= 4 is 16.7 Å². The first-order valence-corrected chi connectivity index (χ1v) is 7.89. The van der Waals surface area contributed by atoms with Crippen LogP contribution in [0.25, 0.3) is 10.8 Å². The number of rotatable bonds is 2. The maximum absolute atomic E-state index is 13.1. The first kappa shape index (κ1) is 13.9. The van der Waals surface area contributed by atoms with E-state index in [1.54, 1.807) is 18.6 Å². The maximum atomic E-state index is 13.1. The third-order valence-electron chi connectivity index (χ3n) is 4.48. The van der Waals surface area contributed by atoms with Gasteiger partial charge in [-0.15, -0.1) is 0 Å². The van der Waals surface area contributed by atoms with Crippen molar-refractivity contribution in [3.8, 4) is 0 Å². The molecule has 114 valence electrons. The van der Waals surface area contributed by atoms with Crippen LogP contribution in [-0.2, 0) is 0 Å². The first-order chi connectivity index (χ1) is 11.3. The first-order valence-electron chi connectivity index (χ1n) is 7.89. The molecule has 4 heteroatoms. The van der Waals surface area contributed by atoms with Gasteiger partial charge in [-0.3, -0.25) is 14.8 Å². The predicted octanol–water partition coefficient (Wildman–Crippen LogP) is 3.61. The van der Waals surface area contributed by atoms with Gasteiger partial charge in [0, 0.05) is 30.5 Å². The molecule has 1 fully saturated rings. The van der Waals surface area contributed by atoms with Gasteiger partial charge in [-0.1, -0.05) is 24.3 Å². The summed E-state index contributed by atoms with van der Waals surface area (Å²) in [5.41, 5.74) is 1.69. The Kier molecular flexibility index (Phi) is 3.50. The Hall–Kier alpha value is -2.75. The second-order valence-electron chi connectivity index (χ2n) is 5.82. The van der Waals surface area contributed by atoms with Crippen molar-refractivity contribution in [1.82, 2.24) is 14.9 Å². The van der Waals surface area contributed by atoms with Crippen molar-refractivity contribution in [2.75, 3.05) is 6.54 Å². The molecule has 1 atom stereocenters. The highest BCUT2D eigenvalue weighted by Crippen LogP contribution is 2.33. The minimum atomic E-state index is 0.0149. The summed E-state index contributed by atoms with van der Waals surface area (Å²) in [6.45, 7) is 0.775. The van der Waals surface area contributed by atoms with E-state index >= 15 is 0 Å².